The van der Waals surface area contributed by atoms with Crippen LogP contribution in [0.2, 0.25) is 0 Å². The van der Waals surface area contributed by atoms with Crippen molar-refractivity contribution in [1.82, 2.24) is 5.32 Å². The Morgan fingerprint density at radius 1 is 1.54 bits per heavy atom. The molecule has 0 fully saturated rings. The lowest BCUT2D eigenvalue weighted by atomic mass is 10.2. The molecular formula is C8H17NO4. The van der Waals surface area contributed by atoms with Gasteiger partial charge in [-0.15, -0.1) is 0 Å². The summed E-state index contributed by atoms with van der Waals surface area (Å²) < 4.78 is 9.65. The normalized spacial score (nSPS) is 13.6. The van der Waals surface area contributed by atoms with Crippen LogP contribution in [-0.4, -0.2) is 36.7 Å². The van der Waals surface area contributed by atoms with E-state index in [1.807, 2.05) is 0 Å². The summed E-state index contributed by atoms with van der Waals surface area (Å²) in [6.45, 7) is 4.99. The number of amides is 1. The maximum atomic E-state index is 11.1. The molecule has 1 unspecified atom stereocenters. The molecule has 0 saturated carbocycles. The number of aliphatic hydroxyl groups is 1. The first-order chi connectivity index (χ1) is 5.89. The fourth-order valence-corrected chi connectivity index (χ4v) is 0.618. The Balaban J connectivity index is 3.86. The van der Waals surface area contributed by atoms with Crippen LogP contribution in [-0.2, 0) is 9.47 Å². The number of ether oxygens (including phenoxy) is 2. The van der Waals surface area contributed by atoms with E-state index in [-0.39, 0.29) is 6.61 Å². The molecule has 0 aromatic carbocycles. The van der Waals surface area contributed by atoms with Crippen molar-refractivity contribution in [2.24, 2.45) is 0 Å². The molecule has 13 heavy (non-hydrogen) atoms. The van der Waals surface area contributed by atoms with Crippen LogP contribution in [0.3, 0.4) is 0 Å². The molecule has 1 atom stereocenters. The smallest absolute Gasteiger partial charge is 0.409 e. The minimum absolute atomic E-state index is 0.282. The highest BCUT2D eigenvalue weighted by Gasteiger charge is 2.18. The number of nitrogens with one attached hydrogen (secondary N) is 1. The van der Waals surface area contributed by atoms with E-state index in [4.69, 9.17) is 14.6 Å². The highest BCUT2D eigenvalue weighted by molar-refractivity contribution is 5.67. The van der Waals surface area contributed by atoms with E-state index in [1.165, 1.54) is 7.11 Å². The zero-order valence-electron chi connectivity index (χ0n) is 8.46. The molecule has 5 nitrogen and oxygen atoms in total. The molecule has 5 heteroatoms. The lowest BCUT2D eigenvalue weighted by Gasteiger charge is -2.21. The van der Waals surface area contributed by atoms with Crippen LogP contribution in [0.25, 0.3) is 0 Å². The standard InChI is InChI=1S/C8H17NO4/c1-8(2,3)13-7(11)9-6(5-10)12-4/h6,10H,5H2,1-4H3,(H,9,11). The average molecular weight is 191 g/mol. The average Bonchev–Trinajstić information content (AvgIpc) is 1.96. The molecular weight excluding hydrogens is 174 g/mol. The second kappa shape index (κ2) is 5.04. The summed E-state index contributed by atoms with van der Waals surface area (Å²) in [5.74, 6) is 0. The van der Waals surface area contributed by atoms with Crippen molar-refractivity contribution >= 4 is 6.09 Å². The molecule has 0 heterocycles. The topological polar surface area (TPSA) is 67.8 Å². The Hall–Kier alpha value is -0.810. The van der Waals surface area contributed by atoms with Gasteiger partial charge in [0.25, 0.3) is 0 Å². The predicted octanol–water partition coefficient (Wildman–Crippen LogP) is 0.476. The van der Waals surface area contributed by atoms with Crippen molar-refractivity contribution in [1.29, 1.82) is 0 Å². The summed E-state index contributed by atoms with van der Waals surface area (Å²) in [6.07, 6.45) is -1.32. The first-order valence-corrected chi connectivity index (χ1v) is 4.02. The molecule has 0 saturated heterocycles. The zero-order valence-corrected chi connectivity index (χ0v) is 8.46. The second-order valence-electron chi connectivity index (χ2n) is 3.55. The lowest BCUT2D eigenvalue weighted by Crippen LogP contribution is -2.41. The summed E-state index contributed by atoms with van der Waals surface area (Å²) in [5.41, 5.74) is -0.544. The van der Waals surface area contributed by atoms with Gasteiger partial charge in [0.05, 0.1) is 6.61 Å². The summed E-state index contributed by atoms with van der Waals surface area (Å²) >= 11 is 0. The molecule has 78 valence electrons. The van der Waals surface area contributed by atoms with Crippen molar-refractivity contribution in [2.45, 2.75) is 32.6 Å². The van der Waals surface area contributed by atoms with Gasteiger partial charge in [-0.25, -0.2) is 4.79 Å². The number of carbonyl (C=O) groups is 1. The number of methoxy groups -OCH3 is 1. The number of rotatable bonds is 3. The van der Waals surface area contributed by atoms with Gasteiger partial charge in [0.1, 0.15) is 5.60 Å². The van der Waals surface area contributed by atoms with Crippen molar-refractivity contribution in [2.75, 3.05) is 13.7 Å². The molecule has 1 amide bonds. The lowest BCUT2D eigenvalue weighted by molar-refractivity contribution is 0.00288. The van der Waals surface area contributed by atoms with Gasteiger partial charge in [-0.1, -0.05) is 0 Å². The highest BCUT2D eigenvalue weighted by Crippen LogP contribution is 2.06. The van der Waals surface area contributed by atoms with Crippen LogP contribution in [0.5, 0.6) is 0 Å². The Bertz CT molecular complexity index is 160. The maximum Gasteiger partial charge on any atom is 0.409 e. The van der Waals surface area contributed by atoms with Gasteiger partial charge >= 0.3 is 6.09 Å². The van der Waals surface area contributed by atoms with E-state index >= 15 is 0 Å². The van der Waals surface area contributed by atoms with Crippen LogP contribution in [0, 0.1) is 0 Å². The summed E-state index contributed by atoms with van der Waals surface area (Å²) in [6, 6.07) is 0. The van der Waals surface area contributed by atoms with Crippen molar-refractivity contribution < 1.29 is 19.4 Å². The van der Waals surface area contributed by atoms with Gasteiger partial charge in [-0.05, 0) is 20.8 Å². The predicted molar refractivity (Wildman–Crippen MR) is 47.3 cm³/mol. The molecule has 0 bridgehead atoms. The van der Waals surface area contributed by atoms with Gasteiger partial charge in [0.15, 0.2) is 6.23 Å². The Morgan fingerprint density at radius 3 is 2.38 bits per heavy atom. The Kier molecular flexibility index (Phi) is 4.72. The first-order valence-electron chi connectivity index (χ1n) is 4.02. The maximum absolute atomic E-state index is 11.1. The molecule has 0 spiro atoms. The van der Waals surface area contributed by atoms with E-state index in [9.17, 15) is 4.79 Å². The van der Waals surface area contributed by atoms with E-state index in [0.717, 1.165) is 0 Å². The monoisotopic (exact) mass is 191 g/mol. The molecule has 0 aliphatic rings. The van der Waals surface area contributed by atoms with Gasteiger partial charge in [-0.2, -0.15) is 0 Å². The van der Waals surface area contributed by atoms with Crippen LogP contribution in [0.1, 0.15) is 20.8 Å². The van der Waals surface area contributed by atoms with Crippen molar-refractivity contribution in [3.63, 3.8) is 0 Å². The second-order valence-corrected chi connectivity index (χ2v) is 3.55. The number of carbonyl (C=O) groups excluding carboxylic acids is 1. The van der Waals surface area contributed by atoms with Gasteiger partial charge in [0.2, 0.25) is 0 Å². The van der Waals surface area contributed by atoms with Crippen LogP contribution in [0.15, 0.2) is 0 Å². The van der Waals surface area contributed by atoms with E-state index in [2.05, 4.69) is 5.32 Å². The fraction of sp³-hybridized carbons (Fsp3) is 0.875. The van der Waals surface area contributed by atoms with Crippen LogP contribution in [0.4, 0.5) is 4.79 Å². The van der Waals surface area contributed by atoms with Gasteiger partial charge < -0.3 is 14.6 Å². The van der Waals surface area contributed by atoms with Crippen molar-refractivity contribution in [3.8, 4) is 0 Å². The number of hydrogen-bond donors (Lipinski definition) is 2. The Morgan fingerprint density at radius 2 is 2.08 bits per heavy atom. The third-order valence-electron chi connectivity index (χ3n) is 1.13. The molecule has 0 rings (SSSR count). The minimum Gasteiger partial charge on any atom is -0.444 e. The third-order valence-corrected chi connectivity index (χ3v) is 1.13. The van der Waals surface area contributed by atoms with E-state index in [0.29, 0.717) is 0 Å². The largest absolute Gasteiger partial charge is 0.444 e. The van der Waals surface area contributed by atoms with E-state index in [1.54, 1.807) is 20.8 Å². The highest BCUT2D eigenvalue weighted by atomic mass is 16.6. The number of hydrogen-bond acceptors (Lipinski definition) is 4. The van der Waals surface area contributed by atoms with Crippen molar-refractivity contribution in [3.05, 3.63) is 0 Å². The van der Waals surface area contributed by atoms with Gasteiger partial charge in [-0.3, -0.25) is 5.32 Å². The molecule has 0 aromatic rings. The molecule has 0 radical (unpaired) electrons. The molecule has 0 aromatic heterocycles. The minimum atomic E-state index is -0.713. The first kappa shape index (κ1) is 12.2. The number of alkyl carbamates (subject to hydrolysis) is 1. The van der Waals surface area contributed by atoms with E-state index < -0.39 is 17.9 Å². The molecule has 0 aliphatic carbocycles. The Labute approximate surface area is 78.0 Å². The number of aliphatic hydroxyl groups excluding tert-OH is 1. The summed E-state index contributed by atoms with van der Waals surface area (Å²) in [5, 5.41) is 11.0. The SMILES string of the molecule is COC(CO)NC(=O)OC(C)(C)C. The third kappa shape index (κ3) is 6.36. The summed E-state index contributed by atoms with van der Waals surface area (Å²) in [7, 11) is 1.39. The van der Waals surface area contributed by atoms with Crippen LogP contribution >= 0.6 is 0 Å². The van der Waals surface area contributed by atoms with Gasteiger partial charge in [0, 0.05) is 7.11 Å². The molecule has 2 N–H and O–H groups in total. The fourth-order valence-electron chi connectivity index (χ4n) is 0.618. The molecule has 0 aliphatic heterocycles. The summed E-state index contributed by atoms with van der Waals surface area (Å²) in [4.78, 5) is 11.1. The quantitative estimate of drug-likeness (QED) is 0.636. The zero-order chi connectivity index (χ0) is 10.5. The van der Waals surface area contributed by atoms with Crippen LogP contribution < -0.4 is 5.32 Å².